The molecular formula is C38H39F2N5O6. The third kappa shape index (κ3) is 6.74. The average molecular weight is 700 g/mol. The number of aliphatic hydroxyl groups is 2. The number of amides is 2. The third-order valence-electron chi connectivity index (χ3n) is 9.47. The molecule has 2 aliphatic rings. The van der Waals surface area contributed by atoms with E-state index in [-0.39, 0.29) is 64.7 Å². The van der Waals surface area contributed by atoms with Crippen LogP contribution >= 0.6 is 0 Å². The SMILES string of the molecule is COc1cc(C(=O)NC[C@@](O)(c2cccc(F)c2)c2cc3c(c(-c4ccc(C(C)(C)O)cc4)n2)OC[C@]3(C)C(N)=O)cc(/C=N/C2(F)CC2)c1N. The van der Waals surface area contributed by atoms with Gasteiger partial charge >= 0.3 is 0 Å². The maximum Gasteiger partial charge on any atom is 0.251 e. The number of ether oxygens (including phenoxy) is 2. The Kier molecular flexibility index (Phi) is 8.84. The molecule has 2 atom stereocenters. The first-order valence-electron chi connectivity index (χ1n) is 16.3. The Morgan fingerprint density at radius 2 is 1.80 bits per heavy atom. The van der Waals surface area contributed by atoms with E-state index in [9.17, 15) is 28.6 Å². The zero-order valence-electron chi connectivity index (χ0n) is 28.6. The molecule has 1 aromatic heterocycles. The molecule has 2 amide bonds. The normalized spacial score (nSPS) is 18.8. The number of pyridine rings is 1. The predicted molar refractivity (Wildman–Crippen MR) is 187 cm³/mol. The van der Waals surface area contributed by atoms with Crippen LogP contribution in [0.15, 0.2) is 71.7 Å². The first-order chi connectivity index (χ1) is 24.0. The van der Waals surface area contributed by atoms with Gasteiger partial charge in [-0.25, -0.2) is 13.8 Å². The Morgan fingerprint density at radius 1 is 1.10 bits per heavy atom. The Balaban J connectivity index is 1.45. The molecule has 51 heavy (non-hydrogen) atoms. The number of carbonyl (C=O) groups excluding carboxylic acids is 2. The monoisotopic (exact) mass is 699 g/mol. The molecule has 1 saturated carbocycles. The number of hydrogen-bond donors (Lipinski definition) is 5. The number of benzene rings is 3. The van der Waals surface area contributed by atoms with Crippen LogP contribution in [-0.2, 0) is 21.4 Å². The summed E-state index contributed by atoms with van der Waals surface area (Å²) in [5, 5.41) is 25.8. The van der Waals surface area contributed by atoms with E-state index in [0.29, 0.717) is 16.7 Å². The van der Waals surface area contributed by atoms with Crippen LogP contribution in [0.4, 0.5) is 14.5 Å². The second-order valence-electron chi connectivity index (χ2n) is 13.8. The Bertz CT molecular complexity index is 2060. The fraction of sp³-hybridized carbons (Fsp3) is 0.316. The highest BCUT2D eigenvalue weighted by Gasteiger charge is 2.46. The zero-order chi connectivity index (χ0) is 36.9. The number of alkyl halides is 1. The van der Waals surface area contributed by atoms with Crippen LogP contribution in [0.3, 0.4) is 0 Å². The van der Waals surface area contributed by atoms with Crippen LogP contribution in [0.2, 0.25) is 0 Å². The predicted octanol–water partition coefficient (Wildman–Crippen LogP) is 4.39. The summed E-state index contributed by atoms with van der Waals surface area (Å²) in [5.74, 6) is -3.24. The van der Waals surface area contributed by atoms with Crippen LogP contribution in [-0.4, -0.2) is 59.3 Å². The summed E-state index contributed by atoms with van der Waals surface area (Å²) in [7, 11) is 1.37. The summed E-state index contributed by atoms with van der Waals surface area (Å²) in [5.41, 5.74) is 9.70. The van der Waals surface area contributed by atoms with Gasteiger partial charge in [0.25, 0.3) is 5.91 Å². The van der Waals surface area contributed by atoms with Gasteiger partial charge in [0, 0.05) is 41.3 Å². The second-order valence-corrected chi connectivity index (χ2v) is 13.8. The molecule has 7 N–H and O–H groups in total. The second kappa shape index (κ2) is 12.7. The van der Waals surface area contributed by atoms with Crippen molar-refractivity contribution in [1.29, 1.82) is 0 Å². The van der Waals surface area contributed by atoms with Crippen molar-refractivity contribution >= 4 is 23.7 Å². The minimum Gasteiger partial charge on any atom is -0.495 e. The topological polar surface area (TPSA) is 182 Å². The molecule has 0 radical (unpaired) electrons. The molecule has 0 bridgehead atoms. The lowest BCUT2D eigenvalue weighted by Gasteiger charge is -2.30. The fourth-order valence-corrected chi connectivity index (χ4v) is 5.90. The van der Waals surface area contributed by atoms with Gasteiger partial charge in [0.1, 0.15) is 40.6 Å². The van der Waals surface area contributed by atoms with Gasteiger partial charge in [-0.15, -0.1) is 0 Å². The molecule has 4 aromatic rings. The molecule has 0 spiro atoms. The third-order valence-corrected chi connectivity index (χ3v) is 9.47. The van der Waals surface area contributed by atoms with E-state index in [0.717, 1.165) is 6.07 Å². The summed E-state index contributed by atoms with van der Waals surface area (Å²) in [6.45, 7) is 4.29. The van der Waals surface area contributed by atoms with E-state index in [1.807, 2.05) is 0 Å². The van der Waals surface area contributed by atoms with Crippen molar-refractivity contribution in [1.82, 2.24) is 10.3 Å². The first kappa shape index (κ1) is 35.4. The number of carbonyl (C=O) groups is 2. The minimum absolute atomic E-state index is 0.0351. The van der Waals surface area contributed by atoms with Gasteiger partial charge in [0.2, 0.25) is 5.91 Å². The van der Waals surface area contributed by atoms with Crippen LogP contribution in [0, 0.1) is 5.82 Å². The molecule has 1 aliphatic carbocycles. The maximum atomic E-state index is 14.7. The van der Waals surface area contributed by atoms with Crippen molar-refractivity contribution in [2.24, 2.45) is 10.7 Å². The number of aromatic nitrogens is 1. The molecule has 13 heteroatoms. The number of anilines is 1. The molecule has 0 unspecified atom stereocenters. The van der Waals surface area contributed by atoms with Crippen molar-refractivity contribution in [3.8, 4) is 22.8 Å². The number of rotatable bonds is 11. The molecule has 1 fully saturated rings. The quantitative estimate of drug-likeness (QED) is 0.0868. The number of nitrogens with zero attached hydrogens (tertiary/aromatic N) is 2. The highest BCUT2D eigenvalue weighted by molar-refractivity contribution is 5.99. The number of aliphatic imine (C=N–C) groups is 1. The number of primary amides is 1. The number of nitrogen functional groups attached to an aromatic ring is 1. The maximum absolute atomic E-state index is 14.7. The molecule has 2 heterocycles. The number of hydrogen-bond acceptors (Lipinski definition) is 9. The molecule has 1 aliphatic heterocycles. The molecule has 266 valence electrons. The van der Waals surface area contributed by atoms with E-state index >= 15 is 0 Å². The van der Waals surface area contributed by atoms with E-state index in [2.05, 4.69) is 10.3 Å². The van der Waals surface area contributed by atoms with Crippen LogP contribution in [0.1, 0.15) is 71.9 Å². The standard InChI is InChI=1S/C38H39F2N5O6/c1-35(2,48)24-10-8-21(9-11-24)31-32-27(36(3,20-51-32)34(42)47)17-29(45-31)38(49,25-6-5-7-26(39)16-25)19-43-33(46)22-14-23(18-44-37(40)12-13-37)30(41)28(15-22)50-4/h5-11,14-18,48-49H,12-13,19-20,41H2,1-4H3,(H2,42,47)(H,43,46)/b44-18+/t36-,38+/m0/s1. The first-order valence-corrected chi connectivity index (χ1v) is 16.3. The Morgan fingerprint density at radius 3 is 2.41 bits per heavy atom. The molecule has 11 nitrogen and oxygen atoms in total. The van der Waals surface area contributed by atoms with Crippen molar-refractivity contribution in [3.63, 3.8) is 0 Å². The molecule has 6 rings (SSSR count). The number of nitrogens with two attached hydrogens (primary N) is 2. The summed E-state index contributed by atoms with van der Waals surface area (Å²) in [6, 6.07) is 16.4. The molecular weight excluding hydrogens is 660 g/mol. The Labute approximate surface area is 293 Å². The minimum atomic E-state index is -2.18. The average Bonchev–Trinajstić information content (AvgIpc) is 3.74. The van der Waals surface area contributed by atoms with Crippen molar-refractivity contribution in [3.05, 3.63) is 106 Å². The molecule has 3 aromatic carbocycles. The van der Waals surface area contributed by atoms with Crippen molar-refractivity contribution in [2.75, 3.05) is 26.0 Å². The van der Waals surface area contributed by atoms with Crippen LogP contribution in [0.25, 0.3) is 11.3 Å². The summed E-state index contributed by atoms with van der Waals surface area (Å²) >= 11 is 0. The van der Waals surface area contributed by atoms with Crippen LogP contribution in [0.5, 0.6) is 11.5 Å². The van der Waals surface area contributed by atoms with Gasteiger partial charge in [-0.2, -0.15) is 0 Å². The number of nitrogens with one attached hydrogen (secondary N) is 1. The van der Waals surface area contributed by atoms with Gasteiger partial charge in [0.15, 0.2) is 5.79 Å². The van der Waals surface area contributed by atoms with Gasteiger partial charge in [-0.05, 0) is 62.2 Å². The fourth-order valence-electron chi connectivity index (χ4n) is 5.90. The lowest BCUT2D eigenvalue weighted by atomic mass is 9.80. The van der Waals surface area contributed by atoms with Crippen LogP contribution < -0.4 is 26.3 Å². The van der Waals surface area contributed by atoms with Gasteiger partial charge in [-0.3, -0.25) is 14.6 Å². The lowest BCUT2D eigenvalue weighted by Crippen LogP contribution is -2.43. The highest BCUT2D eigenvalue weighted by Crippen LogP contribution is 2.46. The largest absolute Gasteiger partial charge is 0.495 e. The summed E-state index contributed by atoms with van der Waals surface area (Å²) < 4.78 is 40.4. The van der Waals surface area contributed by atoms with E-state index in [1.54, 1.807) is 45.0 Å². The summed E-state index contributed by atoms with van der Waals surface area (Å²) in [4.78, 5) is 35.3. The van der Waals surface area contributed by atoms with Gasteiger partial charge < -0.3 is 36.5 Å². The number of fused-ring (bicyclic) bond motifs is 1. The van der Waals surface area contributed by atoms with E-state index < -0.39 is 46.6 Å². The smallest absolute Gasteiger partial charge is 0.251 e. The van der Waals surface area contributed by atoms with E-state index in [1.165, 1.54) is 49.7 Å². The lowest BCUT2D eigenvalue weighted by molar-refractivity contribution is -0.123. The van der Waals surface area contributed by atoms with Gasteiger partial charge in [0.05, 0.1) is 30.6 Å². The van der Waals surface area contributed by atoms with Crippen molar-refractivity contribution < 1.29 is 38.1 Å². The number of halogens is 2. The van der Waals surface area contributed by atoms with Gasteiger partial charge in [-0.1, -0.05) is 36.4 Å². The van der Waals surface area contributed by atoms with Crippen molar-refractivity contribution in [2.45, 2.75) is 56.0 Å². The Hall–Kier alpha value is -5.40. The van der Waals surface area contributed by atoms with E-state index in [4.69, 9.17) is 25.9 Å². The summed E-state index contributed by atoms with van der Waals surface area (Å²) in [6.07, 6.45) is 1.83. The highest BCUT2D eigenvalue weighted by atomic mass is 19.1. The number of methoxy groups -OCH3 is 1. The zero-order valence-corrected chi connectivity index (χ0v) is 28.6. The molecule has 0 saturated heterocycles.